The molecule has 4 rings (SSSR count). The summed E-state index contributed by atoms with van der Waals surface area (Å²) in [5, 5.41) is 11.3. The molecule has 0 saturated carbocycles. The summed E-state index contributed by atoms with van der Waals surface area (Å²) in [4.78, 5) is 43.9. The first kappa shape index (κ1) is 19.8. The fourth-order valence-corrected chi connectivity index (χ4v) is 3.08. The lowest BCUT2D eigenvalue weighted by atomic mass is 10.0. The van der Waals surface area contributed by atoms with E-state index in [9.17, 15) is 19.7 Å². The number of carbonyl (C=O) groups excluding carboxylic acids is 2. The van der Waals surface area contributed by atoms with E-state index >= 15 is 0 Å². The Bertz CT molecular complexity index is 1290. The number of esters is 1. The summed E-state index contributed by atoms with van der Waals surface area (Å²) in [5.41, 5.74) is 2.36. The molecule has 2 heterocycles. The molecule has 0 fully saturated rings. The van der Waals surface area contributed by atoms with Crippen LogP contribution in [0.15, 0.2) is 79.1 Å². The van der Waals surface area contributed by atoms with Crippen LogP contribution < -0.4 is 0 Å². The predicted octanol–water partition coefficient (Wildman–Crippen LogP) is 4.24. The number of Topliss-reactive ketones (excluding diaryl/α,β-unsaturated/α-hetero) is 1. The number of hydrogen-bond acceptors (Lipinski definition) is 7. The zero-order valence-corrected chi connectivity index (χ0v) is 16.1. The molecule has 152 valence electrons. The number of fused-ring (bicyclic) bond motifs is 1. The predicted molar refractivity (Wildman–Crippen MR) is 113 cm³/mol. The van der Waals surface area contributed by atoms with Crippen molar-refractivity contribution in [1.29, 1.82) is 0 Å². The monoisotopic (exact) mass is 413 g/mol. The molecule has 4 aromatic rings. The van der Waals surface area contributed by atoms with Crippen molar-refractivity contribution in [2.75, 3.05) is 6.61 Å². The van der Waals surface area contributed by atoms with Crippen molar-refractivity contribution < 1.29 is 19.2 Å². The van der Waals surface area contributed by atoms with E-state index in [0.29, 0.717) is 16.6 Å². The number of ether oxygens (including phenoxy) is 1. The number of rotatable bonds is 6. The summed E-state index contributed by atoms with van der Waals surface area (Å²) in [6.07, 6.45) is 3.26. The number of aromatic nitrogens is 2. The van der Waals surface area contributed by atoms with Crippen molar-refractivity contribution in [2.45, 2.75) is 0 Å². The van der Waals surface area contributed by atoms with Crippen molar-refractivity contribution in [3.05, 3.63) is 100 Å². The number of non-ortho nitro benzene ring substituents is 1. The number of carbonyl (C=O) groups is 2. The second kappa shape index (κ2) is 8.50. The standard InChI is InChI=1S/C23H15N3O5/c27-22(16-5-7-17(8-6-16)26(29)30)14-31-23(28)19-13-21(15-9-11-24-12-10-15)25-20-4-2-1-3-18(19)20/h1-13H,14H2. The summed E-state index contributed by atoms with van der Waals surface area (Å²) < 4.78 is 5.26. The van der Waals surface area contributed by atoms with Gasteiger partial charge in [0.2, 0.25) is 0 Å². The first-order valence-corrected chi connectivity index (χ1v) is 9.28. The normalized spacial score (nSPS) is 10.6. The molecule has 2 aromatic heterocycles. The first-order chi connectivity index (χ1) is 15.0. The number of nitrogens with zero attached hydrogens (tertiary/aromatic N) is 3. The van der Waals surface area contributed by atoms with Gasteiger partial charge in [0, 0.05) is 41.0 Å². The van der Waals surface area contributed by atoms with Crippen LogP contribution in [0.2, 0.25) is 0 Å². The van der Waals surface area contributed by atoms with Crippen LogP contribution in [0, 0.1) is 10.1 Å². The van der Waals surface area contributed by atoms with Crippen LogP contribution in [0.3, 0.4) is 0 Å². The zero-order valence-electron chi connectivity index (χ0n) is 16.1. The lowest BCUT2D eigenvalue weighted by molar-refractivity contribution is -0.384. The van der Waals surface area contributed by atoms with Crippen LogP contribution in [0.25, 0.3) is 22.2 Å². The van der Waals surface area contributed by atoms with Gasteiger partial charge in [0.25, 0.3) is 5.69 Å². The molecule has 8 heteroatoms. The average Bonchev–Trinajstić information content (AvgIpc) is 2.82. The second-order valence-electron chi connectivity index (χ2n) is 6.61. The summed E-state index contributed by atoms with van der Waals surface area (Å²) >= 11 is 0. The van der Waals surface area contributed by atoms with Crippen LogP contribution in [0.1, 0.15) is 20.7 Å². The van der Waals surface area contributed by atoms with E-state index in [0.717, 1.165) is 5.56 Å². The highest BCUT2D eigenvalue weighted by Crippen LogP contribution is 2.25. The highest BCUT2D eigenvalue weighted by molar-refractivity contribution is 6.06. The number of nitro groups is 1. The van der Waals surface area contributed by atoms with E-state index < -0.39 is 23.3 Å². The Hall–Kier alpha value is -4.46. The van der Waals surface area contributed by atoms with Gasteiger partial charge in [-0.2, -0.15) is 0 Å². The molecule has 0 radical (unpaired) electrons. The Morgan fingerprint density at radius 1 is 0.968 bits per heavy atom. The lowest BCUT2D eigenvalue weighted by Crippen LogP contribution is -2.15. The molecule has 0 aliphatic carbocycles. The molecule has 2 aromatic carbocycles. The Labute approximate surface area is 176 Å². The third-order valence-corrected chi connectivity index (χ3v) is 4.65. The number of pyridine rings is 2. The van der Waals surface area contributed by atoms with Gasteiger partial charge in [0.05, 0.1) is 21.7 Å². The summed E-state index contributed by atoms with van der Waals surface area (Å²) in [6, 6.07) is 17.5. The van der Waals surface area contributed by atoms with Crippen LogP contribution in [-0.4, -0.2) is 33.3 Å². The van der Waals surface area contributed by atoms with Crippen molar-refractivity contribution in [3.63, 3.8) is 0 Å². The van der Waals surface area contributed by atoms with Gasteiger partial charge in [-0.1, -0.05) is 18.2 Å². The maximum Gasteiger partial charge on any atom is 0.339 e. The number of hydrogen-bond donors (Lipinski definition) is 0. The molecule has 0 spiro atoms. The maximum atomic E-state index is 12.8. The van der Waals surface area contributed by atoms with Gasteiger partial charge in [-0.25, -0.2) is 9.78 Å². The van der Waals surface area contributed by atoms with Gasteiger partial charge >= 0.3 is 5.97 Å². The molecule has 0 N–H and O–H groups in total. The van der Waals surface area contributed by atoms with Crippen LogP contribution in [0.5, 0.6) is 0 Å². The molecule has 0 aliphatic heterocycles. The van der Waals surface area contributed by atoms with Crippen LogP contribution in [0.4, 0.5) is 5.69 Å². The minimum absolute atomic E-state index is 0.125. The Morgan fingerprint density at radius 3 is 2.39 bits per heavy atom. The van der Waals surface area contributed by atoms with Crippen molar-refractivity contribution in [2.24, 2.45) is 0 Å². The van der Waals surface area contributed by atoms with E-state index in [-0.39, 0.29) is 16.8 Å². The molecule has 0 atom stereocenters. The maximum absolute atomic E-state index is 12.8. The molecular formula is C23H15N3O5. The van der Waals surface area contributed by atoms with Gasteiger partial charge in [0.1, 0.15) is 0 Å². The SMILES string of the molecule is O=C(COC(=O)c1cc(-c2ccncc2)nc2ccccc12)c1ccc([N+](=O)[O-])cc1. The summed E-state index contributed by atoms with van der Waals surface area (Å²) in [5.74, 6) is -1.12. The van der Waals surface area contributed by atoms with E-state index in [1.165, 1.54) is 24.3 Å². The molecule has 0 saturated heterocycles. The van der Waals surface area contributed by atoms with Gasteiger partial charge in [-0.15, -0.1) is 0 Å². The Kier molecular flexibility index (Phi) is 5.44. The highest BCUT2D eigenvalue weighted by atomic mass is 16.6. The van der Waals surface area contributed by atoms with Crippen LogP contribution >= 0.6 is 0 Å². The Balaban J connectivity index is 1.58. The van der Waals surface area contributed by atoms with E-state index in [1.54, 1.807) is 48.8 Å². The largest absolute Gasteiger partial charge is 0.454 e. The lowest BCUT2D eigenvalue weighted by Gasteiger charge is -2.10. The second-order valence-corrected chi connectivity index (χ2v) is 6.61. The fraction of sp³-hybridized carbons (Fsp3) is 0.0435. The van der Waals surface area contributed by atoms with Crippen molar-refractivity contribution in [3.8, 4) is 11.3 Å². The molecule has 31 heavy (non-hydrogen) atoms. The van der Waals surface area contributed by atoms with E-state index in [1.807, 2.05) is 6.07 Å². The minimum atomic E-state index is -0.663. The molecule has 0 aliphatic rings. The van der Waals surface area contributed by atoms with Crippen LogP contribution in [-0.2, 0) is 4.74 Å². The van der Waals surface area contributed by atoms with Gasteiger partial charge in [0.15, 0.2) is 12.4 Å². The van der Waals surface area contributed by atoms with Crippen molar-refractivity contribution >= 4 is 28.3 Å². The topological polar surface area (TPSA) is 112 Å². The van der Waals surface area contributed by atoms with Gasteiger partial charge < -0.3 is 4.74 Å². The quantitative estimate of drug-likeness (QED) is 0.201. The van der Waals surface area contributed by atoms with Gasteiger partial charge in [-0.3, -0.25) is 19.9 Å². The molecular weight excluding hydrogens is 398 g/mol. The number of ketones is 1. The molecule has 8 nitrogen and oxygen atoms in total. The first-order valence-electron chi connectivity index (χ1n) is 9.28. The van der Waals surface area contributed by atoms with Gasteiger partial charge in [-0.05, 0) is 36.4 Å². The third kappa shape index (κ3) is 4.27. The number of benzene rings is 2. The number of para-hydroxylation sites is 1. The minimum Gasteiger partial charge on any atom is -0.454 e. The Morgan fingerprint density at radius 2 is 1.68 bits per heavy atom. The third-order valence-electron chi connectivity index (χ3n) is 4.65. The highest BCUT2D eigenvalue weighted by Gasteiger charge is 2.17. The fourth-order valence-electron chi connectivity index (χ4n) is 3.08. The average molecular weight is 413 g/mol. The van der Waals surface area contributed by atoms with E-state index in [2.05, 4.69) is 9.97 Å². The summed E-state index contributed by atoms with van der Waals surface area (Å²) in [7, 11) is 0. The van der Waals surface area contributed by atoms with E-state index in [4.69, 9.17) is 4.74 Å². The molecule has 0 amide bonds. The number of nitro benzene ring substituents is 1. The summed E-state index contributed by atoms with van der Waals surface area (Å²) in [6.45, 7) is -0.488. The molecule has 0 bridgehead atoms. The molecule has 0 unspecified atom stereocenters. The smallest absolute Gasteiger partial charge is 0.339 e. The van der Waals surface area contributed by atoms with Crippen molar-refractivity contribution in [1.82, 2.24) is 9.97 Å². The zero-order chi connectivity index (χ0) is 21.8.